The largest absolute Gasteiger partial charge is 0.432 e. The van der Waals surface area contributed by atoms with E-state index < -0.39 is 35.6 Å². The molecule has 0 amide bonds. The maximum atomic E-state index is 12.0. The molecule has 2 unspecified atom stereocenters. The number of fused-ring (bicyclic) bond motifs is 5. The van der Waals surface area contributed by atoms with Crippen molar-refractivity contribution in [2.75, 3.05) is 0 Å². The number of rotatable bonds is 4. The summed E-state index contributed by atoms with van der Waals surface area (Å²) in [4.78, 5) is 46.6. The molecule has 172 valence electrons. The summed E-state index contributed by atoms with van der Waals surface area (Å²) in [6.45, 7) is 5.21. The highest BCUT2D eigenvalue weighted by atomic mass is 16.7. The van der Waals surface area contributed by atoms with Gasteiger partial charge >= 0.3 is 23.9 Å². The number of hydrogen-bond donors (Lipinski definition) is 0. The molecule has 0 radical (unpaired) electrons. The van der Waals surface area contributed by atoms with Gasteiger partial charge < -0.3 is 23.7 Å². The quantitative estimate of drug-likeness (QED) is 0.508. The first-order chi connectivity index (χ1) is 15.6. The van der Waals surface area contributed by atoms with E-state index in [1.807, 2.05) is 0 Å². The number of hydrogen-bond acceptors (Lipinski definition) is 9. The zero-order valence-corrected chi connectivity index (χ0v) is 18.6. The third-order valence-electron chi connectivity index (χ3n) is 5.38. The molecule has 0 saturated carbocycles. The average molecular weight is 454 g/mol. The Balaban J connectivity index is 1.87. The van der Waals surface area contributed by atoms with Gasteiger partial charge in [0.2, 0.25) is 5.79 Å². The maximum Gasteiger partial charge on any atom is 0.308 e. The smallest absolute Gasteiger partial charge is 0.308 e. The molecule has 33 heavy (non-hydrogen) atoms. The lowest BCUT2D eigenvalue weighted by Gasteiger charge is -2.39. The second kappa shape index (κ2) is 8.32. The van der Waals surface area contributed by atoms with Crippen LogP contribution in [0.25, 0.3) is 0 Å². The van der Waals surface area contributed by atoms with Gasteiger partial charge in [0, 0.05) is 34.1 Å². The van der Waals surface area contributed by atoms with Crippen LogP contribution < -0.4 is 14.2 Å². The molecule has 2 aliphatic rings. The molecule has 1 aliphatic carbocycles. The average Bonchev–Trinajstić information content (AvgIpc) is 2.99. The van der Waals surface area contributed by atoms with Crippen molar-refractivity contribution in [3.63, 3.8) is 0 Å². The molecule has 0 aromatic heterocycles. The summed E-state index contributed by atoms with van der Waals surface area (Å²) >= 11 is 0. The van der Waals surface area contributed by atoms with Crippen LogP contribution >= 0.6 is 0 Å². The number of ether oxygens (including phenoxy) is 5. The summed E-state index contributed by atoms with van der Waals surface area (Å²) in [6, 6.07) is 8.34. The second-order valence-corrected chi connectivity index (χ2v) is 7.94. The Bertz CT molecular complexity index is 1180. The summed E-state index contributed by atoms with van der Waals surface area (Å²) in [5, 5.41) is 0. The molecule has 2 aromatic rings. The first-order valence-electron chi connectivity index (χ1n) is 10.3. The first kappa shape index (κ1) is 22.5. The molecule has 0 saturated heterocycles. The fourth-order valence-corrected chi connectivity index (χ4v) is 4.44. The van der Waals surface area contributed by atoms with Crippen LogP contribution in [0.2, 0.25) is 0 Å². The van der Waals surface area contributed by atoms with Gasteiger partial charge in [-0.15, -0.1) is 0 Å². The van der Waals surface area contributed by atoms with Gasteiger partial charge in [-0.2, -0.15) is 0 Å². The van der Waals surface area contributed by atoms with E-state index in [-0.39, 0.29) is 24.5 Å². The highest BCUT2D eigenvalue weighted by molar-refractivity contribution is 5.75. The van der Waals surface area contributed by atoms with E-state index in [9.17, 15) is 19.2 Å². The van der Waals surface area contributed by atoms with Crippen LogP contribution in [0.15, 0.2) is 30.3 Å². The van der Waals surface area contributed by atoms with Gasteiger partial charge in [0.05, 0.1) is 12.5 Å². The Morgan fingerprint density at radius 2 is 1.42 bits per heavy atom. The standard InChI is InChI=1S/C24H22O9/c1-12(25)30-18-5-6-19-17(7-18)11-29-24(33-15(4)28)10-16-8-21(31-13(2)26)22(32-14(3)27)9-20(16)23(19)24/h5-9,23H,10-11H2,1-4H3. The summed E-state index contributed by atoms with van der Waals surface area (Å²) < 4.78 is 27.6. The number of benzene rings is 2. The van der Waals surface area contributed by atoms with Gasteiger partial charge in [-0.3, -0.25) is 19.2 Å². The van der Waals surface area contributed by atoms with Crippen molar-refractivity contribution in [3.8, 4) is 17.2 Å². The van der Waals surface area contributed by atoms with Gasteiger partial charge in [-0.1, -0.05) is 6.07 Å². The van der Waals surface area contributed by atoms with E-state index >= 15 is 0 Å². The Hall–Kier alpha value is -3.72. The number of carbonyl (C=O) groups is 4. The van der Waals surface area contributed by atoms with Gasteiger partial charge in [0.15, 0.2) is 11.5 Å². The van der Waals surface area contributed by atoms with Gasteiger partial charge in [-0.25, -0.2) is 0 Å². The zero-order valence-electron chi connectivity index (χ0n) is 18.6. The van der Waals surface area contributed by atoms with Crippen molar-refractivity contribution in [2.24, 2.45) is 0 Å². The topological polar surface area (TPSA) is 114 Å². The SMILES string of the molecule is CC(=O)Oc1ccc2c(c1)COC1(OC(C)=O)Cc3cc(OC(C)=O)c(OC(C)=O)cc3C21. The third kappa shape index (κ3) is 4.31. The molecular weight excluding hydrogens is 432 g/mol. The Labute approximate surface area is 189 Å². The number of carbonyl (C=O) groups excluding carboxylic acids is 4. The molecule has 2 aromatic carbocycles. The van der Waals surface area contributed by atoms with Crippen molar-refractivity contribution < 1.29 is 42.9 Å². The van der Waals surface area contributed by atoms with Crippen LogP contribution in [0, 0.1) is 0 Å². The molecule has 4 rings (SSSR count). The highest BCUT2D eigenvalue weighted by Crippen LogP contribution is 2.54. The summed E-state index contributed by atoms with van der Waals surface area (Å²) in [5.74, 6) is -3.48. The molecule has 2 atom stereocenters. The lowest BCUT2D eigenvalue weighted by molar-refractivity contribution is -0.242. The fraction of sp³-hybridized carbons (Fsp3) is 0.333. The molecule has 1 heterocycles. The Kier molecular flexibility index (Phi) is 5.67. The Morgan fingerprint density at radius 1 is 0.788 bits per heavy atom. The predicted octanol–water partition coefficient (Wildman–Crippen LogP) is 2.94. The minimum absolute atomic E-state index is 0.0683. The second-order valence-electron chi connectivity index (χ2n) is 7.94. The lowest BCUT2D eigenvalue weighted by Crippen LogP contribution is -2.45. The molecule has 0 N–H and O–H groups in total. The molecular formula is C24H22O9. The van der Waals surface area contributed by atoms with Crippen LogP contribution in [0.1, 0.15) is 55.9 Å². The van der Waals surface area contributed by atoms with Gasteiger partial charge in [-0.05, 0) is 46.5 Å². The first-order valence-corrected chi connectivity index (χ1v) is 10.3. The molecule has 0 fully saturated rings. The maximum absolute atomic E-state index is 12.0. The van der Waals surface area contributed by atoms with Crippen LogP contribution in [0.4, 0.5) is 0 Å². The van der Waals surface area contributed by atoms with Crippen molar-refractivity contribution in [3.05, 3.63) is 52.6 Å². The molecule has 1 aliphatic heterocycles. The summed E-state index contributed by atoms with van der Waals surface area (Å²) in [5.41, 5.74) is 2.98. The van der Waals surface area contributed by atoms with E-state index in [0.717, 1.165) is 11.1 Å². The van der Waals surface area contributed by atoms with Crippen molar-refractivity contribution in [1.29, 1.82) is 0 Å². The number of esters is 4. The van der Waals surface area contributed by atoms with Crippen molar-refractivity contribution in [1.82, 2.24) is 0 Å². The van der Waals surface area contributed by atoms with E-state index in [1.165, 1.54) is 27.7 Å². The van der Waals surface area contributed by atoms with E-state index in [2.05, 4.69) is 0 Å². The van der Waals surface area contributed by atoms with Crippen molar-refractivity contribution >= 4 is 23.9 Å². The third-order valence-corrected chi connectivity index (χ3v) is 5.38. The molecule has 0 bridgehead atoms. The molecule has 9 heteroatoms. The van der Waals surface area contributed by atoms with Crippen LogP contribution in [-0.4, -0.2) is 29.7 Å². The van der Waals surface area contributed by atoms with E-state index in [1.54, 1.807) is 30.3 Å². The van der Waals surface area contributed by atoms with Crippen LogP contribution in [-0.2, 0) is 41.7 Å². The summed E-state index contributed by atoms with van der Waals surface area (Å²) in [6.07, 6.45) is 0.201. The zero-order chi connectivity index (χ0) is 23.9. The fourth-order valence-electron chi connectivity index (χ4n) is 4.44. The Morgan fingerprint density at radius 3 is 2.03 bits per heavy atom. The van der Waals surface area contributed by atoms with Crippen LogP contribution in [0.3, 0.4) is 0 Å². The summed E-state index contributed by atoms with van der Waals surface area (Å²) in [7, 11) is 0. The van der Waals surface area contributed by atoms with E-state index in [4.69, 9.17) is 23.7 Å². The molecule has 9 nitrogen and oxygen atoms in total. The molecule has 0 spiro atoms. The minimum Gasteiger partial charge on any atom is -0.432 e. The predicted molar refractivity (Wildman–Crippen MR) is 112 cm³/mol. The van der Waals surface area contributed by atoms with Crippen molar-refractivity contribution in [2.45, 2.75) is 52.4 Å². The normalized spacial score (nSPS) is 20.1. The lowest BCUT2D eigenvalue weighted by atomic mass is 9.84. The van der Waals surface area contributed by atoms with Gasteiger partial charge in [0.25, 0.3) is 0 Å². The van der Waals surface area contributed by atoms with Crippen LogP contribution in [0.5, 0.6) is 17.2 Å². The van der Waals surface area contributed by atoms with E-state index in [0.29, 0.717) is 16.9 Å². The minimum atomic E-state index is -1.33. The highest BCUT2D eigenvalue weighted by Gasteiger charge is 2.54. The van der Waals surface area contributed by atoms with Gasteiger partial charge in [0.1, 0.15) is 5.75 Å². The monoisotopic (exact) mass is 454 g/mol.